The van der Waals surface area contributed by atoms with Gasteiger partial charge in [0.15, 0.2) is 0 Å². The van der Waals surface area contributed by atoms with Crippen LogP contribution in [0, 0.1) is 0 Å². The molecular weight excluding hydrogens is 484 g/mol. The van der Waals surface area contributed by atoms with Crippen LogP contribution in [0.5, 0.6) is 5.75 Å². The Labute approximate surface area is 216 Å². The molecule has 0 aliphatic heterocycles. The summed E-state index contributed by atoms with van der Waals surface area (Å²) in [5.41, 5.74) is 3.50. The molecule has 0 fully saturated rings. The molecule has 206 valence electrons. The lowest BCUT2D eigenvalue weighted by molar-refractivity contribution is -0.150. The average Bonchev–Trinajstić information content (AvgIpc) is 2.78. The molecule has 0 aliphatic rings. The number of benzene rings is 1. The third-order valence-corrected chi connectivity index (χ3v) is 5.52. The van der Waals surface area contributed by atoms with Gasteiger partial charge >= 0.3 is 12.1 Å². The van der Waals surface area contributed by atoms with E-state index in [9.17, 15) is 29.1 Å². The molecule has 0 radical (unpaired) electrons. The molecule has 0 spiro atoms. The maximum Gasteiger partial charge on any atom is 0.408 e. The molecule has 12 nitrogen and oxygen atoms in total. The highest BCUT2D eigenvalue weighted by molar-refractivity contribution is 5.96. The summed E-state index contributed by atoms with van der Waals surface area (Å²) in [5, 5.41) is 15.4. The van der Waals surface area contributed by atoms with Crippen molar-refractivity contribution >= 4 is 29.8 Å². The zero-order valence-electron chi connectivity index (χ0n) is 22.4. The van der Waals surface area contributed by atoms with E-state index in [2.05, 4.69) is 15.4 Å². The van der Waals surface area contributed by atoms with Crippen LogP contribution < -0.4 is 16.4 Å². The number of aromatic hydroxyl groups is 1. The molecular formula is C25H38N4O8. The Morgan fingerprint density at radius 2 is 1.68 bits per heavy atom. The first kappa shape index (κ1) is 31.2. The van der Waals surface area contributed by atoms with Crippen molar-refractivity contribution in [3.63, 3.8) is 0 Å². The van der Waals surface area contributed by atoms with Gasteiger partial charge in [-0.1, -0.05) is 25.1 Å². The second-order valence-electron chi connectivity index (χ2n) is 10.00. The number of phenols is 1. The lowest BCUT2D eigenvalue weighted by Crippen LogP contribution is -2.60. The Balaban J connectivity index is 3.66. The second kappa shape index (κ2) is 12.9. The zero-order chi connectivity index (χ0) is 28.6. The van der Waals surface area contributed by atoms with Crippen LogP contribution in [-0.4, -0.2) is 70.6 Å². The smallest absolute Gasteiger partial charge is 0.408 e. The first-order valence-electron chi connectivity index (χ1n) is 11.8. The van der Waals surface area contributed by atoms with E-state index in [-0.39, 0.29) is 11.3 Å². The molecule has 0 bridgehead atoms. The van der Waals surface area contributed by atoms with E-state index >= 15 is 0 Å². The maximum atomic E-state index is 14.0. The van der Waals surface area contributed by atoms with Gasteiger partial charge in [0.05, 0.1) is 13.5 Å². The monoisotopic (exact) mass is 522 g/mol. The Bertz CT molecular complexity index is 1000. The van der Waals surface area contributed by atoms with Gasteiger partial charge in [0.2, 0.25) is 17.7 Å². The average molecular weight is 523 g/mol. The van der Waals surface area contributed by atoms with E-state index in [1.807, 2.05) is 0 Å². The number of primary amides is 1. The molecule has 2 unspecified atom stereocenters. The highest BCUT2D eigenvalue weighted by atomic mass is 16.6. The summed E-state index contributed by atoms with van der Waals surface area (Å²) in [7, 11) is 1.15. The minimum Gasteiger partial charge on any atom is -0.508 e. The first-order chi connectivity index (χ1) is 17.0. The minimum atomic E-state index is -1.49. The minimum absolute atomic E-state index is 0.0647. The number of rotatable bonds is 11. The van der Waals surface area contributed by atoms with Gasteiger partial charge in [-0.25, -0.2) is 4.79 Å². The predicted octanol–water partition coefficient (Wildman–Crippen LogP) is 1.51. The lowest BCUT2D eigenvalue weighted by atomic mass is 9.91. The number of carbonyl (C=O) groups is 5. The fourth-order valence-corrected chi connectivity index (χ4v) is 3.41. The third kappa shape index (κ3) is 9.28. The molecule has 1 rings (SSSR count). The Kier molecular flexibility index (Phi) is 10.9. The van der Waals surface area contributed by atoms with E-state index in [0.29, 0.717) is 6.42 Å². The SMILES string of the molecule is CCC(C)(C)N(C(=O)C(CC(N)=O)NC(=O)OC(C)(C)C)C(C(=O)NCC(=O)OC)c1ccccc1O. The van der Waals surface area contributed by atoms with Crippen molar-refractivity contribution in [3.05, 3.63) is 29.8 Å². The van der Waals surface area contributed by atoms with Crippen LogP contribution in [0.25, 0.3) is 0 Å². The predicted molar refractivity (Wildman–Crippen MR) is 134 cm³/mol. The van der Waals surface area contributed by atoms with Crippen molar-refractivity contribution in [2.24, 2.45) is 5.73 Å². The van der Waals surface area contributed by atoms with Crippen LogP contribution in [0.4, 0.5) is 4.79 Å². The molecule has 0 heterocycles. The summed E-state index contributed by atoms with van der Waals surface area (Å²) < 4.78 is 9.81. The quantitative estimate of drug-likeness (QED) is 0.316. The van der Waals surface area contributed by atoms with Crippen molar-refractivity contribution in [2.75, 3.05) is 13.7 Å². The molecule has 5 N–H and O–H groups in total. The van der Waals surface area contributed by atoms with Crippen molar-refractivity contribution in [3.8, 4) is 5.75 Å². The van der Waals surface area contributed by atoms with Gasteiger partial charge < -0.3 is 35.8 Å². The van der Waals surface area contributed by atoms with Gasteiger partial charge in [-0.2, -0.15) is 0 Å². The van der Waals surface area contributed by atoms with Crippen LogP contribution in [0.1, 0.15) is 66.0 Å². The highest BCUT2D eigenvalue weighted by Gasteiger charge is 2.44. The summed E-state index contributed by atoms with van der Waals surface area (Å²) in [6.45, 7) is 9.53. The van der Waals surface area contributed by atoms with E-state index in [4.69, 9.17) is 10.5 Å². The number of alkyl carbamates (subject to hydrolysis) is 1. The normalized spacial score (nSPS) is 13.1. The number of para-hydroxylation sites is 1. The van der Waals surface area contributed by atoms with E-state index in [1.54, 1.807) is 53.7 Å². The fraction of sp³-hybridized carbons (Fsp3) is 0.560. The van der Waals surface area contributed by atoms with Crippen LogP contribution in [0.2, 0.25) is 0 Å². The van der Waals surface area contributed by atoms with Crippen LogP contribution in [0.3, 0.4) is 0 Å². The van der Waals surface area contributed by atoms with E-state index < -0.39 is 66.0 Å². The summed E-state index contributed by atoms with van der Waals surface area (Å²) in [4.78, 5) is 64.7. The number of phenolic OH excluding ortho intramolecular Hbond substituents is 1. The van der Waals surface area contributed by atoms with Crippen LogP contribution in [0.15, 0.2) is 24.3 Å². The van der Waals surface area contributed by atoms with Crippen molar-refractivity contribution in [2.45, 2.75) is 77.6 Å². The highest BCUT2D eigenvalue weighted by Crippen LogP contribution is 2.36. The number of ether oxygens (including phenoxy) is 2. The largest absolute Gasteiger partial charge is 0.508 e. The lowest BCUT2D eigenvalue weighted by Gasteiger charge is -2.44. The van der Waals surface area contributed by atoms with Crippen LogP contribution in [-0.2, 0) is 28.7 Å². The maximum absolute atomic E-state index is 14.0. The summed E-state index contributed by atoms with van der Waals surface area (Å²) in [6, 6.07) is 2.96. The molecule has 0 aliphatic carbocycles. The third-order valence-electron chi connectivity index (χ3n) is 5.52. The van der Waals surface area contributed by atoms with Crippen LogP contribution >= 0.6 is 0 Å². The number of esters is 1. The number of methoxy groups -OCH3 is 1. The number of amides is 4. The molecule has 0 aromatic heterocycles. The van der Waals surface area contributed by atoms with Gasteiger partial charge in [-0.15, -0.1) is 0 Å². The molecule has 1 aromatic carbocycles. The van der Waals surface area contributed by atoms with E-state index in [1.165, 1.54) is 17.0 Å². The van der Waals surface area contributed by atoms with Crippen molar-refractivity contribution < 1.29 is 38.6 Å². The number of nitrogens with two attached hydrogens (primary N) is 1. The van der Waals surface area contributed by atoms with Gasteiger partial charge in [0, 0.05) is 11.1 Å². The number of hydrogen-bond donors (Lipinski definition) is 4. The molecule has 0 saturated carbocycles. The van der Waals surface area contributed by atoms with E-state index in [0.717, 1.165) is 7.11 Å². The zero-order valence-corrected chi connectivity index (χ0v) is 22.4. The molecule has 12 heteroatoms. The van der Waals surface area contributed by atoms with Gasteiger partial charge in [-0.05, 0) is 47.1 Å². The first-order valence-corrected chi connectivity index (χ1v) is 11.8. The fourth-order valence-electron chi connectivity index (χ4n) is 3.41. The standard InChI is InChI=1S/C25H38N4O8/c1-8-25(5,6)29(22(34)16(13-18(26)31)28-23(35)37-24(2,3)4)20(15-11-9-10-12-17(15)30)21(33)27-14-19(32)36-7/h9-12,16,20,30H,8,13-14H2,1-7H3,(H2,26,31)(H,27,33)(H,28,35). The number of carbonyl (C=O) groups excluding carboxylic acids is 5. The Hall–Kier alpha value is -3.83. The molecule has 1 aromatic rings. The summed E-state index contributed by atoms with van der Waals surface area (Å²) in [5.74, 6) is -3.50. The second-order valence-corrected chi connectivity index (χ2v) is 10.00. The summed E-state index contributed by atoms with van der Waals surface area (Å²) >= 11 is 0. The number of hydrogen-bond acceptors (Lipinski definition) is 8. The topological polar surface area (TPSA) is 177 Å². The Morgan fingerprint density at radius 3 is 2.16 bits per heavy atom. The van der Waals surface area contributed by atoms with Gasteiger partial charge in [0.1, 0.15) is 30.0 Å². The summed E-state index contributed by atoms with van der Waals surface area (Å²) in [6.07, 6.45) is -1.20. The molecule has 0 saturated heterocycles. The van der Waals surface area contributed by atoms with Crippen molar-refractivity contribution in [1.29, 1.82) is 0 Å². The number of nitrogens with zero attached hydrogens (tertiary/aromatic N) is 1. The molecule has 37 heavy (non-hydrogen) atoms. The van der Waals surface area contributed by atoms with Gasteiger partial charge in [0.25, 0.3) is 0 Å². The molecule has 2 atom stereocenters. The number of nitrogens with one attached hydrogen (secondary N) is 2. The van der Waals surface area contributed by atoms with Crippen molar-refractivity contribution in [1.82, 2.24) is 15.5 Å². The molecule has 4 amide bonds. The van der Waals surface area contributed by atoms with Gasteiger partial charge in [-0.3, -0.25) is 19.2 Å². The Morgan fingerprint density at radius 1 is 1.08 bits per heavy atom.